The first kappa shape index (κ1) is 8.79. The van der Waals surface area contributed by atoms with Gasteiger partial charge >= 0.3 is 0 Å². The van der Waals surface area contributed by atoms with Gasteiger partial charge in [-0.1, -0.05) is 0 Å². The molecule has 3 rings (SSSR count). The van der Waals surface area contributed by atoms with Crippen molar-refractivity contribution in [1.29, 1.82) is 0 Å². The van der Waals surface area contributed by atoms with E-state index in [0.717, 1.165) is 30.9 Å². The quantitative estimate of drug-likeness (QED) is 0.733. The van der Waals surface area contributed by atoms with Crippen LogP contribution in [0.5, 0.6) is 0 Å². The average molecular weight is 203 g/mol. The molecular formula is C10H13N5. The van der Waals surface area contributed by atoms with E-state index in [9.17, 15) is 0 Å². The summed E-state index contributed by atoms with van der Waals surface area (Å²) in [5, 5.41) is 7.78. The summed E-state index contributed by atoms with van der Waals surface area (Å²) in [7, 11) is 0. The van der Waals surface area contributed by atoms with Crippen molar-refractivity contribution in [2.45, 2.75) is 19.3 Å². The minimum absolute atomic E-state index is 0.451. The number of rotatable bonds is 1. The fourth-order valence-electron chi connectivity index (χ4n) is 1.94. The predicted molar refractivity (Wildman–Crippen MR) is 55.7 cm³/mol. The number of aryl methyl sites for hydroxylation is 1. The maximum absolute atomic E-state index is 4.46. The van der Waals surface area contributed by atoms with Gasteiger partial charge in [-0.2, -0.15) is 4.98 Å². The van der Waals surface area contributed by atoms with Gasteiger partial charge in [0.1, 0.15) is 0 Å². The zero-order valence-corrected chi connectivity index (χ0v) is 8.64. The molecule has 15 heavy (non-hydrogen) atoms. The maximum Gasteiger partial charge on any atom is 0.252 e. The van der Waals surface area contributed by atoms with Crippen LogP contribution in [0.3, 0.4) is 0 Å². The maximum atomic E-state index is 4.46. The molecule has 0 bridgehead atoms. The van der Waals surface area contributed by atoms with Gasteiger partial charge in [0.25, 0.3) is 5.78 Å². The highest BCUT2D eigenvalue weighted by atomic mass is 15.3. The average Bonchev–Trinajstić information content (AvgIpc) is 2.84. The number of hydrogen-bond donors (Lipinski definition) is 1. The van der Waals surface area contributed by atoms with Gasteiger partial charge < -0.3 is 5.32 Å². The Morgan fingerprint density at radius 1 is 1.53 bits per heavy atom. The molecule has 5 heteroatoms. The lowest BCUT2D eigenvalue weighted by Crippen LogP contribution is -2.08. The summed E-state index contributed by atoms with van der Waals surface area (Å²) in [5.41, 5.74) is 1.10. The molecular weight excluding hydrogens is 190 g/mol. The molecule has 78 valence electrons. The Balaban J connectivity index is 2.05. The first-order valence-electron chi connectivity index (χ1n) is 5.22. The van der Waals surface area contributed by atoms with Crippen LogP contribution in [0, 0.1) is 6.92 Å². The van der Waals surface area contributed by atoms with Crippen molar-refractivity contribution in [1.82, 2.24) is 24.9 Å². The monoisotopic (exact) mass is 203 g/mol. The first-order chi connectivity index (χ1) is 7.33. The molecule has 1 atom stereocenters. The lowest BCUT2D eigenvalue weighted by molar-refractivity contribution is 0.698. The summed E-state index contributed by atoms with van der Waals surface area (Å²) in [6, 6.07) is 0. The molecule has 1 unspecified atom stereocenters. The van der Waals surface area contributed by atoms with Crippen molar-refractivity contribution < 1.29 is 0 Å². The second-order valence-electron chi connectivity index (χ2n) is 4.04. The highest BCUT2D eigenvalue weighted by molar-refractivity contribution is 5.28. The highest BCUT2D eigenvalue weighted by Gasteiger charge is 2.21. The SMILES string of the molecule is Cc1cnc2nc(C3CCNC3)nn2c1. The lowest BCUT2D eigenvalue weighted by Gasteiger charge is -1.99. The third-order valence-corrected chi connectivity index (χ3v) is 2.76. The molecule has 0 aliphatic carbocycles. The van der Waals surface area contributed by atoms with E-state index >= 15 is 0 Å². The van der Waals surface area contributed by atoms with Gasteiger partial charge in [0.05, 0.1) is 0 Å². The summed E-state index contributed by atoms with van der Waals surface area (Å²) in [6.07, 6.45) is 4.90. The normalized spacial score (nSPS) is 21.3. The molecule has 0 aromatic carbocycles. The van der Waals surface area contributed by atoms with Crippen molar-refractivity contribution in [2.24, 2.45) is 0 Å². The van der Waals surface area contributed by atoms with Gasteiger partial charge in [-0.05, 0) is 25.5 Å². The Morgan fingerprint density at radius 2 is 2.47 bits per heavy atom. The minimum Gasteiger partial charge on any atom is -0.316 e. The third kappa shape index (κ3) is 1.48. The fraction of sp³-hybridized carbons (Fsp3) is 0.500. The van der Waals surface area contributed by atoms with Crippen LogP contribution in [0.4, 0.5) is 0 Å². The van der Waals surface area contributed by atoms with Crippen molar-refractivity contribution >= 4 is 5.78 Å². The molecule has 2 aromatic rings. The molecule has 0 radical (unpaired) electrons. The van der Waals surface area contributed by atoms with Crippen LogP contribution in [-0.4, -0.2) is 32.7 Å². The predicted octanol–water partition coefficient (Wildman–Crippen LogP) is 0.510. The Labute approximate surface area is 87.5 Å². The Hall–Kier alpha value is -1.49. The van der Waals surface area contributed by atoms with Crippen LogP contribution in [0.1, 0.15) is 23.7 Å². The molecule has 2 aromatic heterocycles. The lowest BCUT2D eigenvalue weighted by atomic mass is 10.1. The highest BCUT2D eigenvalue weighted by Crippen LogP contribution is 2.18. The molecule has 1 fully saturated rings. The van der Waals surface area contributed by atoms with Crippen molar-refractivity contribution in [2.75, 3.05) is 13.1 Å². The molecule has 1 aliphatic rings. The number of nitrogens with zero attached hydrogens (tertiary/aromatic N) is 4. The number of fused-ring (bicyclic) bond motifs is 1. The molecule has 0 saturated carbocycles. The molecule has 1 aliphatic heterocycles. The molecule has 0 spiro atoms. The van der Waals surface area contributed by atoms with E-state index in [1.165, 1.54) is 0 Å². The zero-order valence-electron chi connectivity index (χ0n) is 8.64. The van der Waals surface area contributed by atoms with Crippen LogP contribution in [0.2, 0.25) is 0 Å². The Morgan fingerprint density at radius 3 is 3.27 bits per heavy atom. The Kier molecular flexibility index (Phi) is 1.92. The summed E-state index contributed by atoms with van der Waals surface area (Å²) < 4.78 is 1.77. The van der Waals surface area contributed by atoms with Crippen LogP contribution >= 0.6 is 0 Å². The van der Waals surface area contributed by atoms with Gasteiger partial charge in [0.2, 0.25) is 0 Å². The summed E-state index contributed by atoms with van der Waals surface area (Å²) in [5.74, 6) is 2.06. The molecule has 1 N–H and O–H groups in total. The van der Waals surface area contributed by atoms with Gasteiger partial charge in [-0.25, -0.2) is 9.50 Å². The molecule has 1 saturated heterocycles. The zero-order chi connectivity index (χ0) is 10.3. The second kappa shape index (κ2) is 3.27. The summed E-state index contributed by atoms with van der Waals surface area (Å²) >= 11 is 0. The number of nitrogens with one attached hydrogen (secondary N) is 1. The second-order valence-corrected chi connectivity index (χ2v) is 4.04. The minimum atomic E-state index is 0.451. The van der Waals surface area contributed by atoms with E-state index in [2.05, 4.69) is 20.4 Å². The number of aromatic nitrogens is 4. The summed E-state index contributed by atoms with van der Waals surface area (Å²) in [6.45, 7) is 4.05. The summed E-state index contributed by atoms with van der Waals surface area (Å²) in [4.78, 5) is 8.68. The van der Waals surface area contributed by atoms with Crippen LogP contribution in [-0.2, 0) is 0 Å². The van der Waals surface area contributed by atoms with Gasteiger partial charge in [0, 0.05) is 24.9 Å². The fourth-order valence-corrected chi connectivity index (χ4v) is 1.94. The van der Waals surface area contributed by atoms with E-state index in [4.69, 9.17) is 0 Å². The van der Waals surface area contributed by atoms with Gasteiger partial charge in [-0.15, -0.1) is 5.10 Å². The third-order valence-electron chi connectivity index (χ3n) is 2.76. The molecule has 0 amide bonds. The number of hydrogen-bond acceptors (Lipinski definition) is 4. The largest absolute Gasteiger partial charge is 0.316 e. The van der Waals surface area contributed by atoms with Crippen LogP contribution in [0.15, 0.2) is 12.4 Å². The Bertz CT molecular complexity index is 484. The van der Waals surface area contributed by atoms with Crippen LogP contribution < -0.4 is 5.32 Å². The van der Waals surface area contributed by atoms with Crippen molar-refractivity contribution in [3.8, 4) is 0 Å². The van der Waals surface area contributed by atoms with E-state index in [0.29, 0.717) is 11.7 Å². The van der Waals surface area contributed by atoms with Gasteiger partial charge in [0.15, 0.2) is 5.82 Å². The smallest absolute Gasteiger partial charge is 0.252 e. The van der Waals surface area contributed by atoms with Crippen molar-refractivity contribution in [3.05, 3.63) is 23.8 Å². The first-order valence-corrected chi connectivity index (χ1v) is 5.22. The van der Waals surface area contributed by atoms with Crippen molar-refractivity contribution in [3.63, 3.8) is 0 Å². The van der Waals surface area contributed by atoms with E-state index < -0.39 is 0 Å². The van der Waals surface area contributed by atoms with E-state index in [1.54, 1.807) is 4.52 Å². The van der Waals surface area contributed by atoms with Crippen LogP contribution in [0.25, 0.3) is 5.78 Å². The van der Waals surface area contributed by atoms with E-state index in [-0.39, 0.29) is 0 Å². The van der Waals surface area contributed by atoms with E-state index in [1.807, 2.05) is 19.3 Å². The molecule has 3 heterocycles. The standard InChI is InChI=1S/C10H13N5/c1-7-4-12-10-13-9(14-15(10)6-7)8-2-3-11-5-8/h4,6,8,11H,2-3,5H2,1H3. The molecule has 5 nitrogen and oxygen atoms in total. The topological polar surface area (TPSA) is 55.1 Å². The van der Waals surface area contributed by atoms with Gasteiger partial charge in [-0.3, -0.25) is 0 Å².